The van der Waals surface area contributed by atoms with Gasteiger partial charge in [-0.15, -0.1) is 11.8 Å². The Morgan fingerprint density at radius 3 is 2.30 bits per heavy atom. The highest BCUT2D eigenvalue weighted by molar-refractivity contribution is 7.98. The number of rotatable bonds is 6. The van der Waals surface area contributed by atoms with Crippen molar-refractivity contribution in [2.45, 2.75) is 17.6 Å². The molecule has 0 aromatic heterocycles. The number of carbonyl (C=O) groups is 2. The van der Waals surface area contributed by atoms with Gasteiger partial charge in [-0.05, 0) is 55.0 Å². The van der Waals surface area contributed by atoms with Crippen molar-refractivity contribution in [3.8, 4) is 0 Å². The topological polar surface area (TPSA) is 66.4 Å². The molecule has 0 radical (unpaired) electrons. The van der Waals surface area contributed by atoms with Crippen molar-refractivity contribution < 1.29 is 14.7 Å². The summed E-state index contributed by atoms with van der Waals surface area (Å²) in [5.41, 5.74) is 3.49. The molecule has 5 heteroatoms. The summed E-state index contributed by atoms with van der Waals surface area (Å²) in [7, 11) is 0. The number of anilines is 1. The summed E-state index contributed by atoms with van der Waals surface area (Å²) in [6.07, 6.45) is 0. The minimum atomic E-state index is -1.03. The van der Waals surface area contributed by atoms with Crippen LogP contribution in [0.15, 0.2) is 77.7 Å². The first-order valence-corrected chi connectivity index (χ1v) is 9.43. The molecule has 0 saturated heterocycles. The minimum absolute atomic E-state index is 0.135. The van der Waals surface area contributed by atoms with Crippen LogP contribution in [0.4, 0.5) is 5.69 Å². The summed E-state index contributed by atoms with van der Waals surface area (Å²) in [6, 6.07) is 22.0. The second-order valence-electron chi connectivity index (χ2n) is 6.14. The average Bonchev–Trinajstić information content (AvgIpc) is 2.68. The van der Waals surface area contributed by atoms with Gasteiger partial charge in [-0.1, -0.05) is 35.9 Å². The van der Waals surface area contributed by atoms with Gasteiger partial charge < -0.3 is 10.4 Å². The molecule has 0 atom stereocenters. The molecule has 0 aliphatic heterocycles. The van der Waals surface area contributed by atoms with Crippen molar-refractivity contribution in [2.75, 3.05) is 5.32 Å². The number of hydrogen-bond donors (Lipinski definition) is 2. The molecule has 0 heterocycles. The van der Waals surface area contributed by atoms with E-state index in [0.717, 1.165) is 11.3 Å². The molecule has 1 amide bonds. The number of aryl methyl sites for hydroxylation is 1. The number of nitrogens with one attached hydrogen (secondary N) is 1. The molecular weight excluding hydrogens is 358 g/mol. The Hall–Kier alpha value is -3.05. The number of hydrogen-bond acceptors (Lipinski definition) is 3. The lowest BCUT2D eigenvalue weighted by atomic mass is 10.1. The van der Waals surface area contributed by atoms with Crippen molar-refractivity contribution in [1.29, 1.82) is 0 Å². The predicted octanol–water partition coefficient (Wildman–Crippen LogP) is 5.24. The van der Waals surface area contributed by atoms with Crippen LogP contribution in [0.1, 0.15) is 31.8 Å². The van der Waals surface area contributed by atoms with E-state index in [0.29, 0.717) is 11.3 Å². The van der Waals surface area contributed by atoms with E-state index < -0.39 is 5.97 Å². The van der Waals surface area contributed by atoms with Crippen LogP contribution in [0.5, 0.6) is 0 Å². The summed E-state index contributed by atoms with van der Waals surface area (Å²) < 4.78 is 0. The highest BCUT2D eigenvalue weighted by Gasteiger charge is 2.08. The molecular formula is C22H19NO3S. The van der Waals surface area contributed by atoms with Crippen LogP contribution in [-0.4, -0.2) is 17.0 Å². The number of amides is 1. The highest BCUT2D eigenvalue weighted by atomic mass is 32.2. The fourth-order valence-electron chi connectivity index (χ4n) is 2.49. The summed E-state index contributed by atoms with van der Waals surface area (Å²) >= 11 is 1.75. The monoisotopic (exact) mass is 377 g/mol. The molecule has 0 aliphatic carbocycles. The molecule has 0 fully saturated rings. The Balaban J connectivity index is 1.60. The number of thioether (sulfide) groups is 1. The molecule has 3 aromatic rings. The van der Waals surface area contributed by atoms with Gasteiger partial charge in [0.2, 0.25) is 0 Å². The Labute approximate surface area is 162 Å². The van der Waals surface area contributed by atoms with Gasteiger partial charge in [-0.25, -0.2) is 4.79 Å². The molecule has 3 rings (SSSR count). The van der Waals surface area contributed by atoms with Crippen LogP contribution in [0.2, 0.25) is 0 Å². The zero-order valence-electron chi connectivity index (χ0n) is 14.8. The number of carbonyl (C=O) groups excluding carboxylic acids is 1. The lowest BCUT2D eigenvalue weighted by molar-refractivity contribution is 0.0696. The van der Waals surface area contributed by atoms with Gasteiger partial charge >= 0.3 is 5.97 Å². The van der Waals surface area contributed by atoms with Crippen molar-refractivity contribution in [3.05, 3.63) is 95.1 Å². The van der Waals surface area contributed by atoms with E-state index in [2.05, 4.69) is 36.5 Å². The fourth-order valence-corrected chi connectivity index (χ4v) is 3.34. The summed E-state index contributed by atoms with van der Waals surface area (Å²) in [6.45, 7) is 2.07. The standard InChI is InChI=1S/C22H19NO3S/c1-15-5-11-20(12-6-15)27-14-16-7-9-17(10-8-16)21(24)23-19-4-2-3-18(13-19)22(25)26/h2-13H,14H2,1H3,(H,23,24)(H,25,26). The lowest BCUT2D eigenvalue weighted by Crippen LogP contribution is -2.12. The van der Waals surface area contributed by atoms with E-state index in [1.807, 2.05) is 12.1 Å². The zero-order chi connectivity index (χ0) is 19.2. The maximum Gasteiger partial charge on any atom is 0.335 e. The largest absolute Gasteiger partial charge is 0.478 e. The SMILES string of the molecule is Cc1ccc(SCc2ccc(C(=O)Nc3cccc(C(=O)O)c3)cc2)cc1. The molecule has 4 nitrogen and oxygen atoms in total. The molecule has 0 bridgehead atoms. The van der Waals surface area contributed by atoms with Gasteiger partial charge in [0.15, 0.2) is 0 Å². The van der Waals surface area contributed by atoms with E-state index in [1.54, 1.807) is 36.0 Å². The lowest BCUT2D eigenvalue weighted by Gasteiger charge is -2.07. The highest BCUT2D eigenvalue weighted by Crippen LogP contribution is 2.23. The summed E-state index contributed by atoms with van der Waals surface area (Å²) in [4.78, 5) is 24.6. The molecule has 27 heavy (non-hydrogen) atoms. The molecule has 0 saturated carbocycles. The first kappa shape index (κ1) is 18.7. The van der Waals surface area contributed by atoms with Crippen molar-refractivity contribution >= 4 is 29.3 Å². The molecule has 3 aromatic carbocycles. The molecule has 136 valence electrons. The summed E-state index contributed by atoms with van der Waals surface area (Å²) in [5, 5.41) is 11.8. The van der Waals surface area contributed by atoms with Crippen LogP contribution in [-0.2, 0) is 5.75 Å². The Morgan fingerprint density at radius 2 is 1.63 bits per heavy atom. The third-order valence-corrected chi connectivity index (χ3v) is 5.09. The van der Waals surface area contributed by atoms with Crippen LogP contribution in [0, 0.1) is 6.92 Å². The Bertz CT molecular complexity index is 950. The average molecular weight is 377 g/mol. The quantitative estimate of drug-likeness (QED) is 0.577. The van der Waals surface area contributed by atoms with Gasteiger partial charge in [-0.3, -0.25) is 4.79 Å². The first-order valence-electron chi connectivity index (χ1n) is 8.44. The third kappa shape index (κ3) is 5.21. The number of benzene rings is 3. The van der Waals surface area contributed by atoms with Crippen LogP contribution in [0.25, 0.3) is 0 Å². The predicted molar refractivity (Wildman–Crippen MR) is 109 cm³/mol. The van der Waals surface area contributed by atoms with Crippen LogP contribution in [0.3, 0.4) is 0 Å². The fraction of sp³-hybridized carbons (Fsp3) is 0.0909. The van der Waals surface area contributed by atoms with Gasteiger partial charge in [0.05, 0.1) is 5.56 Å². The smallest absolute Gasteiger partial charge is 0.335 e. The summed E-state index contributed by atoms with van der Waals surface area (Å²) in [5.74, 6) is -0.470. The number of carboxylic acids is 1. The minimum Gasteiger partial charge on any atom is -0.478 e. The van der Waals surface area contributed by atoms with Crippen LogP contribution < -0.4 is 5.32 Å². The van der Waals surface area contributed by atoms with E-state index in [-0.39, 0.29) is 11.5 Å². The second-order valence-corrected chi connectivity index (χ2v) is 7.19. The molecule has 2 N–H and O–H groups in total. The number of aromatic carboxylic acids is 1. The number of carboxylic acid groups (broad SMARTS) is 1. The first-order chi connectivity index (χ1) is 13.0. The van der Waals surface area contributed by atoms with Crippen molar-refractivity contribution in [2.24, 2.45) is 0 Å². The molecule has 0 spiro atoms. The normalized spacial score (nSPS) is 10.4. The van der Waals surface area contributed by atoms with Gasteiger partial charge in [0, 0.05) is 21.9 Å². The van der Waals surface area contributed by atoms with E-state index >= 15 is 0 Å². The van der Waals surface area contributed by atoms with Gasteiger partial charge in [0.25, 0.3) is 5.91 Å². The molecule has 0 unspecified atom stereocenters. The zero-order valence-corrected chi connectivity index (χ0v) is 15.6. The Morgan fingerprint density at radius 1 is 0.926 bits per heavy atom. The maximum absolute atomic E-state index is 12.4. The maximum atomic E-state index is 12.4. The third-order valence-electron chi connectivity index (χ3n) is 4.01. The Kier molecular flexibility index (Phi) is 5.94. The molecule has 0 aliphatic rings. The second kappa shape index (κ2) is 8.56. The van der Waals surface area contributed by atoms with E-state index in [9.17, 15) is 9.59 Å². The van der Waals surface area contributed by atoms with E-state index in [4.69, 9.17) is 5.11 Å². The van der Waals surface area contributed by atoms with Gasteiger partial charge in [0.1, 0.15) is 0 Å². The van der Waals surface area contributed by atoms with Crippen LogP contribution >= 0.6 is 11.8 Å². The van der Waals surface area contributed by atoms with Gasteiger partial charge in [-0.2, -0.15) is 0 Å². The van der Waals surface area contributed by atoms with E-state index in [1.165, 1.54) is 22.6 Å². The van der Waals surface area contributed by atoms with Crippen molar-refractivity contribution in [1.82, 2.24) is 0 Å². The van der Waals surface area contributed by atoms with Crippen molar-refractivity contribution in [3.63, 3.8) is 0 Å².